The van der Waals surface area contributed by atoms with Crippen molar-refractivity contribution in [2.24, 2.45) is 0 Å². The second-order valence-electron chi connectivity index (χ2n) is 6.74. The number of alkyl carbamates (subject to hydrolysis) is 1. The monoisotopic (exact) mass is 540 g/mol. The summed E-state index contributed by atoms with van der Waals surface area (Å²) in [6.07, 6.45) is -1.87. The molecule has 0 heterocycles. The molecule has 31 heavy (non-hydrogen) atoms. The van der Waals surface area contributed by atoms with Crippen molar-refractivity contribution in [3.8, 4) is 0 Å². The highest BCUT2D eigenvalue weighted by atomic mass is 127. The van der Waals surface area contributed by atoms with E-state index in [1.54, 1.807) is 0 Å². The number of carbonyl (C=O) groups is 3. The highest BCUT2D eigenvalue weighted by molar-refractivity contribution is 14.1. The molecule has 0 spiro atoms. The van der Waals surface area contributed by atoms with Crippen molar-refractivity contribution in [1.82, 2.24) is 10.6 Å². The highest BCUT2D eigenvalue weighted by Crippen LogP contribution is 2.14. The first-order chi connectivity index (χ1) is 14.9. The van der Waals surface area contributed by atoms with Crippen molar-refractivity contribution < 1.29 is 29.0 Å². The van der Waals surface area contributed by atoms with Gasteiger partial charge in [-0.15, -0.1) is 0 Å². The van der Waals surface area contributed by atoms with E-state index >= 15 is 0 Å². The zero-order chi connectivity index (χ0) is 22.6. The van der Waals surface area contributed by atoms with Gasteiger partial charge in [0.25, 0.3) is 0 Å². The molecular formula is C22H25IN2O6. The van der Waals surface area contributed by atoms with Gasteiger partial charge in [-0.25, -0.2) is 9.59 Å². The Morgan fingerprint density at radius 1 is 1.06 bits per heavy atom. The number of aliphatic hydroxyl groups excluding tert-OH is 1. The van der Waals surface area contributed by atoms with E-state index in [1.807, 2.05) is 54.6 Å². The Labute approximate surface area is 194 Å². The normalized spacial score (nSPS) is 12.4. The lowest BCUT2D eigenvalue weighted by molar-refractivity contribution is -0.145. The molecule has 166 valence electrons. The predicted octanol–water partition coefficient (Wildman–Crippen LogP) is 2.17. The first-order valence-corrected chi connectivity index (χ1v) is 10.7. The molecule has 0 aliphatic rings. The summed E-state index contributed by atoms with van der Waals surface area (Å²) in [6, 6.07) is 15.8. The van der Waals surface area contributed by atoms with Gasteiger partial charge in [-0.05, 0) is 39.8 Å². The maximum Gasteiger partial charge on any atom is 0.407 e. The third-order valence-corrected chi connectivity index (χ3v) is 5.37. The van der Waals surface area contributed by atoms with Crippen LogP contribution in [0, 0.1) is 3.57 Å². The Hall–Kier alpha value is -2.66. The van der Waals surface area contributed by atoms with Crippen molar-refractivity contribution in [2.75, 3.05) is 13.7 Å². The molecule has 0 aliphatic carbocycles. The van der Waals surface area contributed by atoms with Crippen molar-refractivity contribution in [3.63, 3.8) is 0 Å². The van der Waals surface area contributed by atoms with E-state index in [1.165, 1.54) is 7.11 Å². The van der Waals surface area contributed by atoms with Gasteiger partial charge in [0.15, 0.2) is 0 Å². The van der Waals surface area contributed by atoms with Crippen LogP contribution in [-0.4, -0.2) is 48.9 Å². The summed E-state index contributed by atoms with van der Waals surface area (Å²) in [5.74, 6) is -1.11. The summed E-state index contributed by atoms with van der Waals surface area (Å²) in [6.45, 7) is -0.0666. The van der Waals surface area contributed by atoms with Crippen LogP contribution in [-0.2, 0) is 32.1 Å². The number of hydrogen-bond acceptors (Lipinski definition) is 6. The Kier molecular flexibility index (Phi) is 10.2. The Morgan fingerprint density at radius 2 is 1.74 bits per heavy atom. The third kappa shape index (κ3) is 8.93. The number of hydrogen-bond donors (Lipinski definition) is 3. The van der Waals surface area contributed by atoms with Crippen LogP contribution in [0.25, 0.3) is 0 Å². The van der Waals surface area contributed by atoms with E-state index in [9.17, 15) is 19.5 Å². The molecule has 0 unspecified atom stereocenters. The summed E-state index contributed by atoms with van der Waals surface area (Å²) in [7, 11) is 1.25. The van der Waals surface area contributed by atoms with Gasteiger partial charge in [-0.2, -0.15) is 0 Å². The standard InChI is InChI=1S/C22H25IN2O6/c1-30-21(28)19(11-16-9-5-6-10-18(16)23)25-20(27)12-17(26)13-24-22(29)31-14-15-7-3-2-4-8-15/h2-10,17,19,26H,11-14H2,1H3,(H,24,29)(H,25,27)/t17-,19+/m1/s1. The average Bonchev–Trinajstić information content (AvgIpc) is 2.77. The van der Waals surface area contributed by atoms with Crippen LogP contribution in [0.15, 0.2) is 54.6 Å². The number of halogens is 1. The molecule has 0 aromatic heterocycles. The SMILES string of the molecule is COC(=O)[C@H](Cc1ccccc1I)NC(=O)C[C@@H](O)CNC(=O)OCc1ccccc1. The van der Waals surface area contributed by atoms with Crippen LogP contribution in [0.3, 0.4) is 0 Å². The number of benzene rings is 2. The average molecular weight is 540 g/mol. The molecule has 0 radical (unpaired) electrons. The van der Waals surface area contributed by atoms with Crippen LogP contribution in [0.5, 0.6) is 0 Å². The van der Waals surface area contributed by atoms with Crippen molar-refractivity contribution in [2.45, 2.75) is 31.6 Å². The summed E-state index contributed by atoms with van der Waals surface area (Å²) >= 11 is 2.15. The second-order valence-corrected chi connectivity index (χ2v) is 7.90. The molecule has 2 rings (SSSR count). The molecule has 0 aliphatic heterocycles. The number of amides is 2. The van der Waals surface area contributed by atoms with Gasteiger partial charge in [0.1, 0.15) is 12.6 Å². The van der Waals surface area contributed by atoms with Gasteiger partial charge in [0.05, 0.1) is 19.6 Å². The van der Waals surface area contributed by atoms with Crippen molar-refractivity contribution in [3.05, 3.63) is 69.3 Å². The van der Waals surface area contributed by atoms with Crippen molar-refractivity contribution >= 4 is 40.6 Å². The van der Waals surface area contributed by atoms with Gasteiger partial charge >= 0.3 is 12.1 Å². The highest BCUT2D eigenvalue weighted by Gasteiger charge is 2.24. The number of esters is 1. The van der Waals surface area contributed by atoms with Crippen molar-refractivity contribution in [1.29, 1.82) is 0 Å². The maximum absolute atomic E-state index is 12.3. The van der Waals surface area contributed by atoms with Crippen LogP contribution < -0.4 is 10.6 Å². The van der Waals surface area contributed by atoms with Crippen LogP contribution >= 0.6 is 22.6 Å². The predicted molar refractivity (Wildman–Crippen MR) is 122 cm³/mol. The molecule has 0 bridgehead atoms. The maximum atomic E-state index is 12.3. The lowest BCUT2D eigenvalue weighted by atomic mass is 10.1. The third-order valence-electron chi connectivity index (χ3n) is 4.32. The van der Waals surface area contributed by atoms with E-state index in [0.717, 1.165) is 14.7 Å². The second kappa shape index (κ2) is 12.9. The molecule has 2 aromatic carbocycles. The van der Waals surface area contributed by atoms with E-state index in [0.29, 0.717) is 0 Å². The number of rotatable bonds is 10. The van der Waals surface area contributed by atoms with Gasteiger partial charge in [-0.3, -0.25) is 4.79 Å². The summed E-state index contributed by atoms with van der Waals surface area (Å²) in [5, 5.41) is 15.0. The number of carbonyl (C=O) groups excluding carboxylic acids is 3. The van der Waals surface area contributed by atoms with Crippen LogP contribution in [0.2, 0.25) is 0 Å². The molecule has 8 nitrogen and oxygen atoms in total. The van der Waals surface area contributed by atoms with Gasteiger partial charge in [0.2, 0.25) is 5.91 Å². The minimum atomic E-state index is -1.14. The fourth-order valence-electron chi connectivity index (χ4n) is 2.73. The first kappa shape index (κ1) is 24.6. The molecule has 9 heteroatoms. The summed E-state index contributed by atoms with van der Waals surface area (Å²) in [4.78, 5) is 36.1. The van der Waals surface area contributed by atoms with E-state index in [2.05, 4.69) is 33.2 Å². The number of nitrogens with one attached hydrogen (secondary N) is 2. The molecule has 0 saturated carbocycles. The number of aliphatic hydroxyl groups is 1. The largest absolute Gasteiger partial charge is 0.467 e. The fourth-order valence-corrected chi connectivity index (χ4v) is 3.34. The van der Waals surface area contributed by atoms with Gasteiger partial charge < -0.3 is 25.2 Å². The molecule has 0 saturated heterocycles. The Bertz CT molecular complexity index is 877. The quantitative estimate of drug-likeness (QED) is 0.315. The smallest absolute Gasteiger partial charge is 0.407 e. The van der Waals surface area contributed by atoms with Gasteiger partial charge in [0, 0.05) is 16.5 Å². The zero-order valence-corrected chi connectivity index (χ0v) is 19.2. The molecular weight excluding hydrogens is 515 g/mol. The minimum absolute atomic E-state index is 0.0996. The lowest BCUT2D eigenvalue weighted by Gasteiger charge is -2.18. The molecule has 2 amide bonds. The molecule has 0 fully saturated rings. The summed E-state index contributed by atoms with van der Waals surface area (Å²) < 4.78 is 10.8. The van der Waals surface area contributed by atoms with Crippen LogP contribution in [0.1, 0.15) is 17.5 Å². The van der Waals surface area contributed by atoms with E-state index in [4.69, 9.17) is 9.47 Å². The van der Waals surface area contributed by atoms with E-state index < -0.39 is 30.1 Å². The molecule has 2 aromatic rings. The minimum Gasteiger partial charge on any atom is -0.467 e. The number of methoxy groups -OCH3 is 1. The topological polar surface area (TPSA) is 114 Å². The molecule has 3 N–H and O–H groups in total. The first-order valence-electron chi connectivity index (χ1n) is 9.62. The van der Waals surface area contributed by atoms with Gasteiger partial charge in [-0.1, -0.05) is 48.5 Å². The number of ether oxygens (including phenoxy) is 2. The zero-order valence-electron chi connectivity index (χ0n) is 17.0. The Morgan fingerprint density at radius 3 is 2.42 bits per heavy atom. The summed E-state index contributed by atoms with van der Waals surface area (Å²) in [5.41, 5.74) is 1.72. The Balaban J connectivity index is 1.78. The van der Waals surface area contributed by atoms with E-state index in [-0.39, 0.29) is 26.0 Å². The lowest BCUT2D eigenvalue weighted by Crippen LogP contribution is -2.45. The van der Waals surface area contributed by atoms with Crippen LogP contribution in [0.4, 0.5) is 4.79 Å². The molecule has 2 atom stereocenters. The fraction of sp³-hybridized carbons (Fsp3) is 0.318.